The van der Waals surface area contributed by atoms with E-state index in [-0.39, 0.29) is 5.91 Å². The Bertz CT molecular complexity index is 815. The third-order valence-corrected chi connectivity index (χ3v) is 3.70. The van der Waals surface area contributed by atoms with E-state index in [0.717, 1.165) is 24.1 Å². The molecule has 0 aromatic carbocycles. The molecular formula is C20H22ClN5O. The Morgan fingerprint density at radius 3 is 2.85 bits per heavy atom. The summed E-state index contributed by atoms with van der Waals surface area (Å²) in [7, 11) is 0. The molecule has 140 valence electrons. The molecule has 7 heteroatoms. The molecule has 2 rings (SSSR count). The van der Waals surface area contributed by atoms with Crippen molar-refractivity contribution >= 4 is 23.3 Å². The Labute approximate surface area is 163 Å². The lowest BCUT2D eigenvalue weighted by Crippen LogP contribution is -2.23. The Morgan fingerprint density at radius 1 is 1.22 bits per heavy atom. The number of nitrogens with one attached hydrogen (secondary N) is 2. The maximum atomic E-state index is 12.4. The summed E-state index contributed by atoms with van der Waals surface area (Å²) in [6.07, 6.45) is 13.7. The number of carbonyl (C=O) groups is 1. The van der Waals surface area contributed by atoms with E-state index in [0.29, 0.717) is 17.9 Å². The van der Waals surface area contributed by atoms with Crippen molar-refractivity contribution in [3.05, 3.63) is 89.6 Å². The summed E-state index contributed by atoms with van der Waals surface area (Å²) in [6, 6.07) is 7.22. The molecule has 27 heavy (non-hydrogen) atoms. The molecule has 0 saturated heterocycles. The van der Waals surface area contributed by atoms with E-state index in [1.54, 1.807) is 30.7 Å². The molecule has 4 N–H and O–H groups in total. The first-order valence-electron chi connectivity index (χ1n) is 8.46. The number of rotatable bonds is 9. The summed E-state index contributed by atoms with van der Waals surface area (Å²) in [5.74, 6) is 0.532. The maximum Gasteiger partial charge on any atom is 0.251 e. The molecule has 2 aromatic rings. The number of nitrogens with zero attached hydrogens (tertiary/aromatic N) is 2. The lowest BCUT2D eigenvalue weighted by atomic mass is 10.1. The van der Waals surface area contributed by atoms with Crippen molar-refractivity contribution in [2.75, 3.05) is 5.32 Å². The largest absolute Gasteiger partial charge is 0.405 e. The number of pyridine rings is 2. The van der Waals surface area contributed by atoms with E-state index in [2.05, 4.69) is 20.6 Å². The first-order chi connectivity index (χ1) is 13.2. The zero-order chi connectivity index (χ0) is 19.3. The van der Waals surface area contributed by atoms with Crippen molar-refractivity contribution in [1.82, 2.24) is 15.3 Å². The van der Waals surface area contributed by atoms with Crippen molar-refractivity contribution in [1.29, 1.82) is 0 Å². The predicted octanol–water partition coefficient (Wildman–Crippen LogP) is 3.49. The molecule has 6 nitrogen and oxygen atoms in total. The number of aromatic nitrogens is 2. The van der Waals surface area contributed by atoms with Crippen molar-refractivity contribution in [3.63, 3.8) is 0 Å². The third kappa shape index (κ3) is 7.33. The maximum absolute atomic E-state index is 12.4. The van der Waals surface area contributed by atoms with Gasteiger partial charge in [0.15, 0.2) is 0 Å². The van der Waals surface area contributed by atoms with Crippen LogP contribution < -0.4 is 16.4 Å². The van der Waals surface area contributed by atoms with E-state index in [9.17, 15) is 4.79 Å². The number of aryl methyl sites for hydroxylation is 1. The summed E-state index contributed by atoms with van der Waals surface area (Å²) in [5, 5.41) is 5.80. The van der Waals surface area contributed by atoms with Gasteiger partial charge in [-0.3, -0.25) is 9.78 Å². The lowest BCUT2D eigenvalue weighted by molar-refractivity contribution is 0.0950. The number of anilines is 1. The van der Waals surface area contributed by atoms with Gasteiger partial charge in [-0.1, -0.05) is 29.8 Å². The van der Waals surface area contributed by atoms with Crippen LogP contribution in [0.2, 0.25) is 0 Å². The lowest BCUT2D eigenvalue weighted by Gasteiger charge is -2.07. The van der Waals surface area contributed by atoms with Gasteiger partial charge in [0.2, 0.25) is 0 Å². The minimum absolute atomic E-state index is 0.146. The van der Waals surface area contributed by atoms with E-state index < -0.39 is 0 Å². The smallest absolute Gasteiger partial charge is 0.251 e. The van der Waals surface area contributed by atoms with Gasteiger partial charge in [0.05, 0.1) is 0 Å². The molecule has 2 heterocycles. The number of hydrogen-bond acceptors (Lipinski definition) is 5. The van der Waals surface area contributed by atoms with Crippen molar-refractivity contribution < 1.29 is 4.79 Å². The number of carbonyl (C=O) groups excluding carboxylic acids is 1. The van der Waals surface area contributed by atoms with Gasteiger partial charge in [0.25, 0.3) is 5.91 Å². The normalized spacial score (nSPS) is 11.4. The van der Waals surface area contributed by atoms with Crippen LogP contribution in [0.3, 0.4) is 0 Å². The Hall–Kier alpha value is -3.12. The molecule has 0 bridgehead atoms. The zero-order valence-corrected chi connectivity index (χ0v) is 15.6. The number of allylic oxidation sites excluding steroid dienone is 3. The monoisotopic (exact) mass is 383 g/mol. The van der Waals surface area contributed by atoms with Gasteiger partial charge in [-0.15, -0.1) is 0 Å². The van der Waals surface area contributed by atoms with E-state index in [1.165, 1.54) is 11.7 Å². The standard InChI is InChI=1S/C20H22ClN5O/c21-9-12-24-19-7-6-16(14-25-19)15-26-20(27)17-8-11-23-18(13-17)5-3-1-2-4-10-22/h1-2,4,6-14H,3,5,15,22H2,(H,24,25)(H,26,27)/b2-1+,10-4+,12-9+. The third-order valence-electron chi connectivity index (χ3n) is 3.58. The second-order valence-electron chi connectivity index (χ2n) is 5.56. The molecule has 0 aliphatic heterocycles. The Balaban J connectivity index is 1.87. The first-order valence-corrected chi connectivity index (χ1v) is 8.90. The minimum atomic E-state index is -0.146. The number of amides is 1. The van der Waals surface area contributed by atoms with Crippen LogP contribution in [0, 0.1) is 0 Å². The topological polar surface area (TPSA) is 92.9 Å². The molecular weight excluding hydrogens is 362 g/mol. The van der Waals surface area contributed by atoms with E-state index in [4.69, 9.17) is 17.3 Å². The van der Waals surface area contributed by atoms with Crippen LogP contribution in [-0.2, 0) is 13.0 Å². The van der Waals surface area contributed by atoms with E-state index >= 15 is 0 Å². The van der Waals surface area contributed by atoms with Crippen LogP contribution in [-0.4, -0.2) is 15.9 Å². The Morgan fingerprint density at radius 2 is 2.11 bits per heavy atom. The molecule has 0 saturated carbocycles. The van der Waals surface area contributed by atoms with Gasteiger partial charge >= 0.3 is 0 Å². The van der Waals surface area contributed by atoms with Crippen LogP contribution in [0.4, 0.5) is 5.82 Å². The van der Waals surface area contributed by atoms with Gasteiger partial charge in [0.1, 0.15) is 5.82 Å². The molecule has 0 aliphatic rings. The Kier molecular flexibility index (Phi) is 8.59. The average Bonchev–Trinajstić information content (AvgIpc) is 2.71. The molecule has 1 amide bonds. The van der Waals surface area contributed by atoms with Crippen molar-refractivity contribution in [2.45, 2.75) is 19.4 Å². The van der Waals surface area contributed by atoms with Crippen LogP contribution in [0.1, 0.15) is 28.0 Å². The quantitative estimate of drug-likeness (QED) is 0.576. The van der Waals surface area contributed by atoms with Gasteiger partial charge in [-0.2, -0.15) is 0 Å². The highest BCUT2D eigenvalue weighted by Crippen LogP contribution is 2.08. The molecule has 0 spiro atoms. The second-order valence-corrected chi connectivity index (χ2v) is 5.81. The summed E-state index contributed by atoms with van der Waals surface area (Å²) in [4.78, 5) is 20.9. The molecule has 2 aromatic heterocycles. The van der Waals surface area contributed by atoms with Gasteiger partial charge in [-0.25, -0.2) is 4.98 Å². The first kappa shape index (κ1) is 20.2. The zero-order valence-electron chi connectivity index (χ0n) is 14.8. The summed E-state index contributed by atoms with van der Waals surface area (Å²) in [6.45, 7) is 0.392. The molecule has 0 unspecified atom stereocenters. The highest BCUT2D eigenvalue weighted by Gasteiger charge is 2.07. The fourth-order valence-corrected chi connectivity index (χ4v) is 2.31. The molecule has 0 fully saturated rings. The summed E-state index contributed by atoms with van der Waals surface area (Å²) in [5.41, 5.74) is 8.99. The van der Waals surface area contributed by atoms with Gasteiger partial charge < -0.3 is 16.4 Å². The predicted molar refractivity (Wildman–Crippen MR) is 109 cm³/mol. The van der Waals surface area contributed by atoms with Crippen molar-refractivity contribution in [2.24, 2.45) is 5.73 Å². The van der Waals surface area contributed by atoms with Crippen LogP contribution in [0.15, 0.2) is 72.8 Å². The van der Waals surface area contributed by atoms with Crippen molar-refractivity contribution in [3.8, 4) is 0 Å². The molecule has 0 radical (unpaired) electrons. The van der Waals surface area contributed by atoms with Crippen LogP contribution in [0.5, 0.6) is 0 Å². The van der Waals surface area contributed by atoms with Gasteiger partial charge in [-0.05, 0) is 48.9 Å². The van der Waals surface area contributed by atoms with E-state index in [1.807, 2.05) is 30.4 Å². The fourth-order valence-electron chi connectivity index (χ4n) is 2.24. The second kappa shape index (κ2) is 11.5. The number of hydrogen-bond donors (Lipinski definition) is 3. The minimum Gasteiger partial charge on any atom is -0.405 e. The fraction of sp³-hybridized carbons (Fsp3) is 0.150. The highest BCUT2D eigenvalue weighted by molar-refractivity contribution is 6.25. The number of halogens is 1. The average molecular weight is 384 g/mol. The molecule has 0 atom stereocenters. The summed E-state index contributed by atoms with van der Waals surface area (Å²) < 4.78 is 0. The highest BCUT2D eigenvalue weighted by atomic mass is 35.5. The van der Waals surface area contributed by atoms with Crippen LogP contribution >= 0.6 is 11.6 Å². The SMILES string of the molecule is N/C=C/C=C/CCc1cc(C(=O)NCc2ccc(N/C=C/Cl)nc2)ccn1. The van der Waals surface area contributed by atoms with Gasteiger partial charge in [0, 0.05) is 41.9 Å². The van der Waals surface area contributed by atoms with Crippen LogP contribution in [0.25, 0.3) is 0 Å². The number of nitrogens with two attached hydrogens (primary N) is 1. The summed E-state index contributed by atoms with van der Waals surface area (Å²) >= 11 is 5.45. The molecule has 0 aliphatic carbocycles.